The van der Waals surface area contributed by atoms with E-state index in [-0.39, 0.29) is 6.04 Å². The molecule has 8 nitrogen and oxygen atoms in total. The molecule has 0 bridgehead atoms. The molecular formula is C32H27N7O. The maximum Gasteiger partial charge on any atom is 0.179 e. The van der Waals surface area contributed by atoms with Crippen LogP contribution >= 0.6 is 0 Å². The van der Waals surface area contributed by atoms with Crippen LogP contribution in [0.3, 0.4) is 0 Å². The molecule has 196 valence electrons. The van der Waals surface area contributed by atoms with E-state index in [1.807, 2.05) is 85.3 Å². The lowest BCUT2D eigenvalue weighted by atomic mass is 9.93. The van der Waals surface area contributed by atoms with E-state index in [9.17, 15) is 0 Å². The summed E-state index contributed by atoms with van der Waals surface area (Å²) in [5, 5.41) is 8.47. The quantitative estimate of drug-likeness (QED) is 0.274. The van der Waals surface area contributed by atoms with Crippen LogP contribution in [0.2, 0.25) is 0 Å². The number of aliphatic imine (C=N–C) groups is 2. The Morgan fingerprint density at radius 1 is 0.850 bits per heavy atom. The minimum atomic E-state index is -0.171. The molecule has 8 heteroatoms. The molecule has 0 spiro atoms. The van der Waals surface area contributed by atoms with Crippen LogP contribution in [0.5, 0.6) is 5.75 Å². The van der Waals surface area contributed by atoms with E-state index >= 15 is 0 Å². The van der Waals surface area contributed by atoms with Crippen molar-refractivity contribution in [2.24, 2.45) is 9.98 Å². The van der Waals surface area contributed by atoms with Crippen LogP contribution in [0, 0.1) is 6.92 Å². The maximum absolute atomic E-state index is 5.64. The largest absolute Gasteiger partial charge is 0.494 e. The first kappa shape index (κ1) is 23.8. The second-order valence-electron chi connectivity index (χ2n) is 9.57. The van der Waals surface area contributed by atoms with Crippen LogP contribution in [0.25, 0.3) is 5.82 Å². The lowest BCUT2D eigenvalue weighted by molar-refractivity contribution is 0.340. The summed E-state index contributed by atoms with van der Waals surface area (Å²) in [4.78, 5) is 17.1. The summed E-state index contributed by atoms with van der Waals surface area (Å²) in [5.41, 5.74) is 5.82. The zero-order valence-electron chi connectivity index (χ0n) is 22.2. The first-order valence-electron chi connectivity index (χ1n) is 13.3. The molecular weight excluding hydrogens is 498 g/mol. The highest BCUT2D eigenvalue weighted by molar-refractivity contribution is 6.51. The molecule has 1 N–H and O–H groups in total. The van der Waals surface area contributed by atoms with Crippen molar-refractivity contribution in [2.45, 2.75) is 19.9 Å². The summed E-state index contributed by atoms with van der Waals surface area (Å²) in [7, 11) is 0. The van der Waals surface area contributed by atoms with Crippen molar-refractivity contribution in [3.05, 3.63) is 120 Å². The molecule has 1 atom stereocenters. The monoisotopic (exact) mass is 525 g/mol. The Morgan fingerprint density at radius 3 is 2.40 bits per heavy atom. The van der Waals surface area contributed by atoms with E-state index in [1.165, 1.54) is 0 Å². The number of amidine groups is 2. The number of rotatable bonds is 5. The average molecular weight is 526 g/mol. The van der Waals surface area contributed by atoms with Gasteiger partial charge in [0.1, 0.15) is 5.75 Å². The number of fused-ring (bicyclic) bond motifs is 4. The standard InChI is InChI=1S/C32H27N7O/c1-3-40-24-18-16-23(17-19-24)34-30-32-36-31-28(21(2)37-39(31)27-15-9-10-20-33-27)29(22-11-5-4-6-12-22)38(32)26-14-8-7-13-25(26)35-30/h4-20,29H,3H2,1-2H3,(H,34,35)/t29-/m0/s1. The molecule has 7 rings (SSSR count). The fourth-order valence-electron chi connectivity index (χ4n) is 5.33. The van der Waals surface area contributed by atoms with Crippen molar-refractivity contribution in [2.75, 3.05) is 16.8 Å². The van der Waals surface area contributed by atoms with E-state index in [0.717, 1.165) is 45.5 Å². The zero-order chi connectivity index (χ0) is 27.1. The van der Waals surface area contributed by atoms with Crippen molar-refractivity contribution in [1.29, 1.82) is 0 Å². The lowest BCUT2D eigenvalue weighted by Gasteiger charge is -2.40. The molecule has 2 aromatic heterocycles. The van der Waals surface area contributed by atoms with Gasteiger partial charge in [-0.3, -0.25) is 0 Å². The van der Waals surface area contributed by atoms with Gasteiger partial charge in [0.2, 0.25) is 0 Å². The van der Waals surface area contributed by atoms with Crippen LogP contribution in [-0.2, 0) is 0 Å². The van der Waals surface area contributed by atoms with Gasteiger partial charge in [0.05, 0.1) is 29.7 Å². The minimum Gasteiger partial charge on any atom is -0.494 e. The number of anilines is 2. The highest BCUT2D eigenvalue weighted by Gasteiger charge is 2.41. The summed E-state index contributed by atoms with van der Waals surface area (Å²) in [6, 6.07) is 32.2. The van der Waals surface area contributed by atoms with Crippen molar-refractivity contribution < 1.29 is 4.74 Å². The third kappa shape index (κ3) is 4.01. The molecule has 2 aliphatic heterocycles. The van der Waals surface area contributed by atoms with Crippen LogP contribution < -0.4 is 15.0 Å². The minimum absolute atomic E-state index is 0.171. The van der Waals surface area contributed by atoms with Gasteiger partial charge in [-0.05, 0) is 67.9 Å². The predicted molar refractivity (Wildman–Crippen MR) is 159 cm³/mol. The molecule has 4 heterocycles. The molecule has 0 amide bonds. The Morgan fingerprint density at radius 2 is 1.62 bits per heavy atom. The van der Waals surface area contributed by atoms with Crippen molar-refractivity contribution in [3.8, 4) is 11.6 Å². The third-order valence-corrected chi connectivity index (χ3v) is 7.05. The number of hydrogen-bond donors (Lipinski definition) is 1. The van der Waals surface area contributed by atoms with E-state index in [4.69, 9.17) is 19.8 Å². The van der Waals surface area contributed by atoms with E-state index in [1.54, 1.807) is 6.20 Å². The number of aromatic nitrogens is 3. The van der Waals surface area contributed by atoms with Gasteiger partial charge in [0.15, 0.2) is 23.3 Å². The summed E-state index contributed by atoms with van der Waals surface area (Å²) in [6.07, 6.45) is 1.77. The first-order valence-corrected chi connectivity index (χ1v) is 13.3. The van der Waals surface area contributed by atoms with E-state index in [2.05, 4.69) is 45.5 Å². The summed E-state index contributed by atoms with van der Waals surface area (Å²) < 4.78 is 7.47. The van der Waals surface area contributed by atoms with Crippen molar-refractivity contribution in [3.63, 3.8) is 0 Å². The second-order valence-corrected chi connectivity index (χ2v) is 9.57. The molecule has 0 saturated carbocycles. The fourth-order valence-corrected chi connectivity index (χ4v) is 5.33. The van der Waals surface area contributed by atoms with Gasteiger partial charge < -0.3 is 15.0 Å². The molecule has 40 heavy (non-hydrogen) atoms. The molecule has 5 aromatic rings. The smallest absolute Gasteiger partial charge is 0.179 e. The van der Waals surface area contributed by atoms with Gasteiger partial charge in [-0.15, -0.1) is 0 Å². The van der Waals surface area contributed by atoms with Crippen molar-refractivity contribution in [1.82, 2.24) is 14.8 Å². The predicted octanol–water partition coefficient (Wildman–Crippen LogP) is 6.77. The molecule has 0 unspecified atom stereocenters. The summed E-state index contributed by atoms with van der Waals surface area (Å²) in [5.74, 6) is 3.65. The van der Waals surface area contributed by atoms with Gasteiger partial charge >= 0.3 is 0 Å². The Labute approximate surface area is 232 Å². The summed E-state index contributed by atoms with van der Waals surface area (Å²) >= 11 is 0. The Bertz CT molecular complexity index is 1740. The van der Waals surface area contributed by atoms with Crippen LogP contribution in [-0.4, -0.2) is 33.0 Å². The normalized spacial score (nSPS) is 15.3. The van der Waals surface area contributed by atoms with Crippen LogP contribution in [0.1, 0.15) is 29.8 Å². The van der Waals surface area contributed by atoms with Gasteiger partial charge in [-0.2, -0.15) is 9.78 Å². The van der Waals surface area contributed by atoms with E-state index in [0.29, 0.717) is 24.1 Å². The SMILES string of the molecule is CCOc1ccc(NC2=Nc3ccccc3N3C2=Nc2c(c(C)nn2-c2ccccn2)[C@@H]3c2ccccc2)cc1. The average Bonchev–Trinajstić information content (AvgIpc) is 3.34. The van der Waals surface area contributed by atoms with Gasteiger partial charge in [0, 0.05) is 17.4 Å². The molecule has 0 aliphatic carbocycles. The maximum atomic E-state index is 5.64. The highest BCUT2D eigenvalue weighted by Crippen LogP contribution is 2.48. The fraction of sp³-hybridized carbons (Fsp3) is 0.125. The Hall–Kier alpha value is -5.24. The van der Waals surface area contributed by atoms with Gasteiger partial charge in [-0.1, -0.05) is 48.5 Å². The Kier molecular flexibility index (Phi) is 5.85. The molecule has 3 aromatic carbocycles. The number of hydrogen-bond acceptors (Lipinski definition) is 7. The van der Waals surface area contributed by atoms with Gasteiger partial charge in [-0.25, -0.2) is 15.0 Å². The lowest BCUT2D eigenvalue weighted by Crippen LogP contribution is -2.46. The second kappa shape index (κ2) is 9.81. The van der Waals surface area contributed by atoms with Crippen LogP contribution in [0.4, 0.5) is 22.9 Å². The molecule has 0 fully saturated rings. The van der Waals surface area contributed by atoms with E-state index < -0.39 is 0 Å². The number of para-hydroxylation sites is 2. The number of nitrogens with zero attached hydrogens (tertiary/aromatic N) is 6. The number of aryl methyl sites for hydroxylation is 1. The Balaban J connectivity index is 1.44. The summed E-state index contributed by atoms with van der Waals surface area (Å²) in [6.45, 7) is 4.64. The topological polar surface area (TPSA) is 79.9 Å². The first-order chi connectivity index (χ1) is 19.7. The number of nitrogens with one attached hydrogen (secondary N) is 1. The van der Waals surface area contributed by atoms with Crippen molar-refractivity contribution >= 4 is 34.6 Å². The molecule has 0 saturated heterocycles. The zero-order valence-corrected chi connectivity index (χ0v) is 22.2. The van der Waals surface area contributed by atoms with Crippen LogP contribution in [0.15, 0.2) is 113 Å². The number of pyridine rings is 1. The molecule has 0 radical (unpaired) electrons. The number of benzene rings is 3. The highest BCUT2D eigenvalue weighted by atomic mass is 16.5. The number of ether oxygens (including phenoxy) is 1. The molecule has 2 aliphatic rings. The van der Waals surface area contributed by atoms with Gasteiger partial charge in [0.25, 0.3) is 0 Å². The third-order valence-electron chi connectivity index (χ3n) is 7.05.